The second-order valence-electron chi connectivity index (χ2n) is 4.89. The first-order valence-electron chi connectivity index (χ1n) is 7.16. The van der Waals surface area contributed by atoms with Gasteiger partial charge in [-0.15, -0.1) is 0 Å². The molecule has 6 heteroatoms. The average molecular weight is 304 g/mol. The lowest BCUT2D eigenvalue weighted by Gasteiger charge is -2.08. The second-order valence-corrected chi connectivity index (χ2v) is 4.89. The lowest BCUT2D eigenvalue weighted by Crippen LogP contribution is -2.23. The Bertz CT molecular complexity index is 702. The normalized spacial score (nSPS) is 17.7. The molecule has 1 aromatic heterocycles. The van der Waals surface area contributed by atoms with Crippen molar-refractivity contribution in [1.82, 2.24) is 0 Å². The van der Waals surface area contributed by atoms with Crippen molar-refractivity contribution in [1.29, 1.82) is 0 Å². The fourth-order valence-electron chi connectivity index (χ4n) is 2.38. The summed E-state index contributed by atoms with van der Waals surface area (Å²) < 4.78 is 21.0. The summed E-state index contributed by atoms with van der Waals surface area (Å²) in [5, 5.41) is 0.803. The third-order valence-corrected chi connectivity index (χ3v) is 3.47. The Kier molecular flexibility index (Phi) is 4.11. The van der Waals surface area contributed by atoms with E-state index in [1.165, 1.54) is 0 Å². The third-order valence-electron chi connectivity index (χ3n) is 3.47. The van der Waals surface area contributed by atoms with Gasteiger partial charge in [-0.2, -0.15) is 0 Å². The Balaban J connectivity index is 1.90. The largest absolute Gasteiger partial charge is 0.463 e. The minimum Gasteiger partial charge on any atom is -0.463 e. The van der Waals surface area contributed by atoms with E-state index in [-0.39, 0.29) is 19.0 Å². The van der Waals surface area contributed by atoms with Gasteiger partial charge in [-0.25, -0.2) is 9.59 Å². The molecule has 0 N–H and O–H groups in total. The fourth-order valence-corrected chi connectivity index (χ4v) is 2.38. The molecule has 1 fully saturated rings. The molecule has 0 radical (unpaired) electrons. The molecule has 0 aliphatic carbocycles. The molecule has 22 heavy (non-hydrogen) atoms. The van der Waals surface area contributed by atoms with Gasteiger partial charge in [0.15, 0.2) is 0 Å². The van der Waals surface area contributed by atoms with Crippen LogP contribution in [0.5, 0.6) is 0 Å². The monoisotopic (exact) mass is 304 g/mol. The highest BCUT2D eigenvalue weighted by atomic mass is 16.6. The summed E-state index contributed by atoms with van der Waals surface area (Å²) in [6.45, 7) is 2.90. The number of carbonyl (C=O) groups excluding carboxylic acids is 2. The maximum absolute atomic E-state index is 12.3. The van der Waals surface area contributed by atoms with E-state index in [2.05, 4.69) is 0 Å². The van der Waals surface area contributed by atoms with E-state index in [9.17, 15) is 9.59 Å². The first-order chi connectivity index (χ1) is 10.7. The number of hydrogen-bond acceptors (Lipinski definition) is 6. The Morgan fingerprint density at radius 1 is 1.36 bits per heavy atom. The van der Waals surface area contributed by atoms with Crippen molar-refractivity contribution >= 4 is 22.9 Å². The van der Waals surface area contributed by atoms with Crippen LogP contribution in [-0.2, 0) is 25.6 Å². The first-order valence-corrected chi connectivity index (χ1v) is 7.16. The number of para-hydroxylation sites is 1. The molecule has 0 spiro atoms. The summed E-state index contributed by atoms with van der Waals surface area (Å²) in [6, 6.07) is 7.30. The molecule has 1 aliphatic rings. The van der Waals surface area contributed by atoms with Gasteiger partial charge in [-0.1, -0.05) is 18.2 Å². The molecule has 2 heterocycles. The van der Waals surface area contributed by atoms with Crippen LogP contribution in [0.2, 0.25) is 0 Å². The average Bonchev–Trinajstić information content (AvgIpc) is 3.09. The molecule has 2 aromatic rings. The molecule has 116 valence electrons. The molecular formula is C16H16O6. The van der Waals surface area contributed by atoms with Crippen molar-refractivity contribution in [2.24, 2.45) is 0 Å². The number of esters is 2. The molecular weight excluding hydrogens is 288 g/mol. The number of benzene rings is 1. The molecule has 3 rings (SSSR count). The topological polar surface area (TPSA) is 75.0 Å². The zero-order valence-electron chi connectivity index (χ0n) is 12.2. The molecule has 0 amide bonds. The SMILES string of the molecule is CCOCc1c(C(=O)O[C@H]2CCOC2=O)oc2ccccc12. The highest BCUT2D eigenvalue weighted by Crippen LogP contribution is 2.28. The Labute approximate surface area is 126 Å². The summed E-state index contributed by atoms with van der Waals surface area (Å²) in [4.78, 5) is 23.7. The van der Waals surface area contributed by atoms with Gasteiger partial charge >= 0.3 is 11.9 Å². The van der Waals surface area contributed by atoms with Crippen LogP contribution >= 0.6 is 0 Å². The number of furan rings is 1. The Morgan fingerprint density at radius 2 is 2.18 bits per heavy atom. The number of cyclic esters (lactones) is 1. The van der Waals surface area contributed by atoms with E-state index in [1.807, 2.05) is 25.1 Å². The van der Waals surface area contributed by atoms with Crippen LogP contribution in [-0.4, -0.2) is 31.3 Å². The van der Waals surface area contributed by atoms with Gasteiger partial charge < -0.3 is 18.6 Å². The highest BCUT2D eigenvalue weighted by Gasteiger charge is 2.32. The van der Waals surface area contributed by atoms with Crippen molar-refractivity contribution in [2.75, 3.05) is 13.2 Å². The van der Waals surface area contributed by atoms with Gasteiger partial charge in [-0.05, 0) is 13.0 Å². The van der Waals surface area contributed by atoms with Crippen LogP contribution in [0.3, 0.4) is 0 Å². The predicted molar refractivity (Wildman–Crippen MR) is 76.3 cm³/mol. The number of hydrogen-bond donors (Lipinski definition) is 0. The van der Waals surface area contributed by atoms with Gasteiger partial charge in [0.1, 0.15) is 5.58 Å². The van der Waals surface area contributed by atoms with Crippen LogP contribution in [0.1, 0.15) is 29.5 Å². The maximum Gasteiger partial charge on any atom is 0.375 e. The second kappa shape index (κ2) is 6.19. The highest BCUT2D eigenvalue weighted by molar-refractivity contribution is 5.97. The molecule has 0 saturated carbocycles. The van der Waals surface area contributed by atoms with Crippen molar-refractivity contribution in [3.8, 4) is 0 Å². The lowest BCUT2D eigenvalue weighted by atomic mass is 10.1. The van der Waals surface area contributed by atoms with Gasteiger partial charge in [0.2, 0.25) is 11.9 Å². The van der Waals surface area contributed by atoms with Gasteiger partial charge in [0.25, 0.3) is 0 Å². The van der Waals surface area contributed by atoms with Gasteiger partial charge in [0, 0.05) is 24.0 Å². The third kappa shape index (κ3) is 2.69. The summed E-state index contributed by atoms with van der Waals surface area (Å²) in [5.41, 5.74) is 1.21. The number of carbonyl (C=O) groups is 2. The van der Waals surface area contributed by atoms with Gasteiger partial charge in [-0.3, -0.25) is 0 Å². The molecule has 1 aromatic carbocycles. The predicted octanol–water partition coefficient (Wildman–Crippen LogP) is 2.44. The molecule has 0 unspecified atom stereocenters. The minimum atomic E-state index is -0.861. The molecule has 1 atom stereocenters. The van der Waals surface area contributed by atoms with Crippen LogP contribution in [0, 0.1) is 0 Å². The zero-order chi connectivity index (χ0) is 15.5. The maximum atomic E-state index is 12.3. The van der Waals surface area contributed by atoms with E-state index >= 15 is 0 Å². The first kappa shape index (κ1) is 14.6. The van der Waals surface area contributed by atoms with E-state index in [0.717, 1.165) is 5.39 Å². The summed E-state index contributed by atoms with van der Waals surface area (Å²) >= 11 is 0. The van der Waals surface area contributed by atoms with E-state index in [1.54, 1.807) is 6.07 Å². The van der Waals surface area contributed by atoms with E-state index in [0.29, 0.717) is 24.2 Å². The number of fused-ring (bicyclic) bond motifs is 1. The fraction of sp³-hybridized carbons (Fsp3) is 0.375. The molecule has 1 saturated heterocycles. The smallest absolute Gasteiger partial charge is 0.375 e. The quantitative estimate of drug-likeness (QED) is 0.790. The standard InChI is InChI=1S/C16H16O6/c1-2-19-9-11-10-5-3-4-6-12(10)21-14(11)16(18)22-13-7-8-20-15(13)17/h3-6,13H,2,7-9H2,1H3/t13-/m0/s1. The van der Waals surface area contributed by atoms with Crippen LogP contribution in [0.4, 0.5) is 0 Å². The zero-order valence-corrected chi connectivity index (χ0v) is 12.2. The van der Waals surface area contributed by atoms with E-state index < -0.39 is 18.0 Å². The Hall–Kier alpha value is -2.34. The van der Waals surface area contributed by atoms with Crippen molar-refractivity contribution < 1.29 is 28.2 Å². The van der Waals surface area contributed by atoms with E-state index in [4.69, 9.17) is 18.6 Å². The van der Waals surface area contributed by atoms with Crippen molar-refractivity contribution in [2.45, 2.75) is 26.1 Å². The van der Waals surface area contributed by atoms with Crippen LogP contribution < -0.4 is 0 Å². The minimum absolute atomic E-state index is 0.0781. The molecule has 6 nitrogen and oxygen atoms in total. The lowest BCUT2D eigenvalue weighted by molar-refractivity contribution is -0.145. The number of ether oxygens (including phenoxy) is 3. The summed E-state index contributed by atoms with van der Waals surface area (Å²) in [7, 11) is 0. The summed E-state index contributed by atoms with van der Waals surface area (Å²) in [6.07, 6.45) is -0.494. The van der Waals surface area contributed by atoms with Gasteiger partial charge in [0.05, 0.1) is 13.2 Å². The van der Waals surface area contributed by atoms with Crippen molar-refractivity contribution in [3.63, 3.8) is 0 Å². The molecule has 1 aliphatic heterocycles. The van der Waals surface area contributed by atoms with Crippen LogP contribution in [0.15, 0.2) is 28.7 Å². The Morgan fingerprint density at radius 3 is 2.91 bits per heavy atom. The number of rotatable bonds is 5. The molecule has 0 bridgehead atoms. The summed E-state index contributed by atoms with van der Waals surface area (Å²) in [5.74, 6) is -1.11. The van der Waals surface area contributed by atoms with Crippen molar-refractivity contribution in [3.05, 3.63) is 35.6 Å². The van der Waals surface area contributed by atoms with Crippen LogP contribution in [0.25, 0.3) is 11.0 Å².